The SMILES string of the molecule is O=C(/C=C/c1ccc(Sc2ccccc2-c2ccccc2)c(Cl)c1)N1CCOCC1. The molecule has 1 aliphatic heterocycles. The van der Waals surface area contributed by atoms with Gasteiger partial charge in [0.1, 0.15) is 0 Å². The molecule has 3 aromatic rings. The summed E-state index contributed by atoms with van der Waals surface area (Å²) in [5, 5.41) is 0.670. The predicted octanol–water partition coefficient (Wildman–Crippen LogP) is 6.03. The number of halogens is 1. The highest BCUT2D eigenvalue weighted by atomic mass is 35.5. The number of amides is 1. The van der Waals surface area contributed by atoms with Crippen LogP contribution in [0.5, 0.6) is 0 Å². The van der Waals surface area contributed by atoms with Crippen LogP contribution in [0, 0.1) is 0 Å². The second-order valence-electron chi connectivity index (χ2n) is 6.93. The van der Waals surface area contributed by atoms with Crippen LogP contribution in [0.4, 0.5) is 0 Å². The fourth-order valence-corrected chi connectivity index (χ4v) is 4.57. The average molecular weight is 436 g/mol. The molecule has 0 N–H and O–H groups in total. The van der Waals surface area contributed by atoms with Crippen molar-refractivity contribution in [1.29, 1.82) is 0 Å². The second kappa shape index (κ2) is 9.98. The van der Waals surface area contributed by atoms with E-state index in [1.54, 1.807) is 22.7 Å². The quantitative estimate of drug-likeness (QED) is 0.458. The first-order valence-electron chi connectivity index (χ1n) is 9.87. The number of rotatable bonds is 5. The number of carbonyl (C=O) groups excluding carboxylic acids is 1. The third kappa shape index (κ3) is 5.14. The standard InChI is InChI=1S/C25H22ClNO2S/c26-22-18-19(11-13-25(28)27-14-16-29-17-15-27)10-12-24(22)30-23-9-5-4-8-21(23)20-6-2-1-3-7-20/h1-13,18H,14-17H2/b13-11+. The van der Waals surface area contributed by atoms with E-state index in [1.165, 1.54) is 11.1 Å². The van der Waals surface area contributed by atoms with Crippen molar-refractivity contribution in [3.63, 3.8) is 0 Å². The van der Waals surface area contributed by atoms with E-state index in [-0.39, 0.29) is 5.91 Å². The first kappa shape index (κ1) is 20.7. The average Bonchev–Trinajstić information content (AvgIpc) is 2.80. The molecular formula is C25H22ClNO2S. The molecule has 3 aromatic carbocycles. The Morgan fingerprint density at radius 2 is 1.67 bits per heavy atom. The summed E-state index contributed by atoms with van der Waals surface area (Å²) in [4.78, 5) is 16.2. The molecule has 0 aliphatic carbocycles. The minimum absolute atomic E-state index is 0.00432. The fraction of sp³-hybridized carbons (Fsp3) is 0.160. The third-order valence-corrected chi connectivity index (χ3v) is 6.47. The summed E-state index contributed by atoms with van der Waals surface area (Å²) in [6.45, 7) is 2.48. The van der Waals surface area contributed by atoms with Crippen LogP contribution in [0.15, 0.2) is 88.7 Å². The zero-order chi connectivity index (χ0) is 20.8. The van der Waals surface area contributed by atoms with Crippen LogP contribution in [-0.4, -0.2) is 37.1 Å². The van der Waals surface area contributed by atoms with Crippen molar-refractivity contribution in [2.75, 3.05) is 26.3 Å². The number of morpholine rings is 1. The van der Waals surface area contributed by atoms with Gasteiger partial charge in [-0.05, 0) is 41.0 Å². The van der Waals surface area contributed by atoms with Gasteiger partial charge in [0, 0.05) is 29.0 Å². The Morgan fingerprint density at radius 1 is 0.933 bits per heavy atom. The summed E-state index contributed by atoms with van der Waals surface area (Å²) >= 11 is 8.22. The number of ether oxygens (including phenoxy) is 1. The van der Waals surface area contributed by atoms with Crippen LogP contribution in [0.1, 0.15) is 5.56 Å². The van der Waals surface area contributed by atoms with Crippen molar-refractivity contribution in [1.82, 2.24) is 4.90 Å². The van der Waals surface area contributed by atoms with E-state index >= 15 is 0 Å². The van der Waals surface area contributed by atoms with E-state index in [0.717, 1.165) is 15.4 Å². The van der Waals surface area contributed by atoms with Gasteiger partial charge in [0.25, 0.3) is 0 Å². The van der Waals surface area contributed by atoms with Crippen molar-refractivity contribution >= 4 is 35.3 Å². The first-order chi connectivity index (χ1) is 14.7. The van der Waals surface area contributed by atoms with Crippen LogP contribution < -0.4 is 0 Å². The van der Waals surface area contributed by atoms with Gasteiger partial charge in [0.05, 0.1) is 18.2 Å². The summed E-state index contributed by atoms with van der Waals surface area (Å²) in [5.74, 6) is 0.00432. The van der Waals surface area contributed by atoms with Gasteiger partial charge in [-0.3, -0.25) is 4.79 Å². The van der Waals surface area contributed by atoms with Crippen molar-refractivity contribution in [2.45, 2.75) is 9.79 Å². The number of carbonyl (C=O) groups is 1. The van der Waals surface area contributed by atoms with Gasteiger partial charge in [0.15, 0.2) is 0 Å². The lowest BCUT2D eigenvalue weighted by atomic mass is 10.1. The van der Waals surface area contributed by atoms with Gasteiger partial charge >= 0.3 is 0 Å². The van der Waals surface area contributed by atoms with E-state index in [1.807, 2.05) is 54.6 Å². The van der Waals surface area contributed by atoms with Crippen LogP contribution >= 0.6 is 23.4 Å². The number of nitrogens with zero attached hydrogens (tertiary/aromatic N) is 1. The van der Waals surface area contributed by atoms with Gasteiger partial charge in [-0.25, -0.2) is 0 Å². The van der Waals surface area contributed by atoms with Crippen LogP contribution in [0.2, 0.25) is 5.02 Å². The topological polar surface area (TPSA) is 29.5 Å². The number of benzene rings is 3. The lowest BCUT2D eigenvalue weighted by Crippen LogP contribution is -2.39. The smallest absolute Gasteiger partial charge is 0.246 e. The van der Waals surface area contributed by atoms with Crippen LogP contribution in [0.25, 0.3) is 17.2 Å². The fourth-order valence-electron chi connectivity index (χ4n) is 3.29. The minimum atomic E-state index is 0.00432. The molecule has 1 saturated heterocycles. The number of hydrogen-bond donors (Lipinski definition) is 0. The van der Waals surface area contributed by atoms with E-state index < -0.39 is 0 Å². The molecule has 4 rings (SSSR count). The first-order valence-corrected chi connectivity index (χ1v) is 11.1. The molecule has 0 bridgehead atoms. The predicted molar refractivity (Wildman–Crippen MR) is 124 cm³/mol. The zero-order valence-electron chi connectivity index (χ0n) is 16.5. The maximum absolute atomic E-state index is 12.3. The molecule has 0 aromatic heterocycles. The van der Waals surface area contributed by atoms with Crippen molar-refractivity contribution in [3.05, 3.63) is 89.5 Å². The number of hydrogen-bond acceptors (Lipinski definition) is 3. The van der Waals surface area contributed by atoms with E-state index in [9.17, 15) is 4.79 Å². The largest absolute Gasteiger partial charge is 0.378 e. The molecule has 152 valence electrons. The Morgan fingerprint density at radius 3 is 2.43 bits per heavy atom. The molecule has 1 aliphatic rings. The summed E-state index contributed by atoms with van der Waals surface area (Å²) in [6.07, 6.45) is 3.42. The Hall–Kier alpha value is -2.53. The van der Waals surface area contributed by atoms with Gasteiger partial charge in [-0.15, -0.1) is 0 Å². The molecular weight excluding hydrogens is 414 g/mol. The summed E-state index contributed by atoms with van der Waals surface area (Å²) in [7, 11) is 0. The summed E-state index contributed by atoms with van der Waals surface area (Å²) in [6, 6.07) is 24.6. The molecule has 0 radical (unpaired) electrons. The highest BCUT2D eigenvalue weighted by Crippen LogP contribution is 2.39. The lowest BCUT2D eigenvalue weighted by molar-refractivity contribution is -0.129. The van der Waals surface area contributed by atoms with Gasteiger partial charge in [0.2, 0.25) is 5.91 Å². The maximum atomic E-state index is 12.3. The molecule has 3 nitrogen and oxygen atoms in total. The van der Waals surface area contributed by atoms with E-state index in [2.05, 4.69) is 24.3 Å². The molecule has 0 spiro atoms. The molecule has 1 heterocycles. The molecule has 0 atom stereocenters. The molecule has 0 saturated carbocycles. The Balaban J connectivity index is 1.49. The van der Waals surface area contributed by atoms with Crippen molar-refractivity contribution in [2.24, 2.45) is 0 Å². The highest BCUT2D eigenvalue weighted by molar-refractivity contribution is 7.99. The third-order valence-electron chi connectivity index (χ3n) is 4.89. The second-order valence-corrected chi connectivity index (χ2v) is 8.42. The Labute approximate surface area is 186 Å². The van der Waals surface area contributed by atoms with Gasteiger partial charge in [-0.1, -0.05) is 78.0 Å². The molecule has 30 heavy (non-hydrogen) atoms. The van der Waals surface area contributed by atoms with Gasteiger partial charge in [-0.2, -0.15) is 0 Å². The van der Waals surface area contributed by atoms with E-state index in [0.29, 0.717) is 31.3 Å². The molecule has 5 heteroatoms. The van der Waals surface area contributed by atoms with E-state index in [4.69, 9.17) is 16.3 Å². The summed E-state index contributed by atoms with van der Waals surface area (Å²) in [5.41, 5.74) is 3.26. The van der Waals surface area contributed by atoms with Crippen molar-refractivity contribution in [3.8, 4) is 11.1 Å². The Kier molecular flexibility index (Phi) is 6.90. The summed E-state index contributed by atoms with van der Waals surface area (Å²) < 4.78 is 5.29. The Bertz CT molecular complexity index is 1050. The molecule has 1 fully saturated rings. The van der Waals surface area contributed by atoms with Crippen molar-refractivity contribution < 1.29 is 9.53 Å². The zero-order valence-corrected chi connectivity index (χ0v) is 18.0. The normalized spacial score (nSPS) is 14.2. The van der Waals surface area contributed by atoms with Crippen LogP contribution in [0.3, 0.4) is 0 Å². The molecule has 0 unspecified atom stereocenters. The van der Waals surface area contributed by atoms with Gasteiger partial charge < -0.3 is 9.64 Å². The molecule has 1 amide bonds. The monoisotopic (exact) mass is 435 g/mol. The maximum Gasteiger partial charge on any atom is 0.246 e. The van der Waals surface area contributed by atoms with Crippen LogP contribution in [-0.2, 0) is 9.53 Å². The highest BCUT2D eigenvalue weighted by Gasteiger charge is 2.14. The lowest BCUT2D eigenvalue weighted by Gasteiger charge is -2.25. The minimum Gasteiger partial charge on any atom is -0.378 e.